The highest BCUT2D eigenvalue weighted by molar-refractivity contribution is 7.99. The zero-order valence-electron chi connectivity index (χ0n) is 13.9. The Morgan fingerprint density at radius 3 is 2.88 bits per heavy atom. The SMILES string of the molecule is Cc1cc(C)n2nc(S[C@@H](C)c3nc(-c4cccnc4)no3)nc2n1. The second-order valence-electron chi connectivity index (χ2n) is 5.60. The normalized spacial score (nSPS) is 12.6. The number of nitrogens with zero attached hydrogens (tertiary/aromatic N) is 7. The molecular weight excluding hydrogens is 338 g/mol. The van der Waals surface area contributed by atoms with Crippen LogP contribution in [-0.4, -0.2) is 34.7 Å². The Morgan fingerprint density at radius 2 is 2.08 bits per heavy atom. The molecule has 0 unspecified atom stereocenters. The Hall–Kier alpha value is -2.81. The molecule has 4 heterocycles. The van der Waals surface area contributed by atoms with Gasteiger partial charge < -0.3 is 4.52 Å². The van der Waals surface area contributed by atoms with Crippen LogP contribution in [-0.2, 0) is 0 Å². The Kier molecular flexibility index (Phi) is 3.92. The summed E-state index contributed by atoms with van der Waals surface area (Å²) in [6, 6.07) is 5.69. The highest BCUT2D eigenvalue weighted by Crippen LogP contribution is 2.32. The van der Waals surface area contributed by atoms with Gasteiger partial charge >= 0.3 is 0 Å². The number of aromatic nitrogens is 7. The van der Waals surface area contributed by atoms with Gasteiger partial charge in [-0.2, -0.15) is 9.97 Å². The van der Waals surface area contributed by atoms with Crippen molar-refractivity contribution in [1.82, 2.24) is 34.7 Å². The lowest BCUT2D eigenvalue weighted by atomic mass is 10.3. The molecule has 0 N–H and O–H groups in total. The van der Waals surface area contributed by atoms with Crippen molar-refractivity contribution in [1.29, 1.82) is 0 Å². The molecule has 0 spiro atoms. The second-order valence-corrected chi connectivity index (χ2v) is 6.91. The van der Waals surface area contributed by atoms with Crippen LogP contribution in [0.1, 0.15) is 29.5 Å². The summed E-state index contributed by atoms with van der Waals surface area (Å²) >= 11 is 1.45. The number of pyridine rings is 1. The van der Waals surface area contributed by atoms with Gasteiger partial charge in [0.1, 0.15) is 0 Å². The lowest BCUT2D eigenvalue weighted by Gasteiger charge is -2.01. The van der Waals surface area contributed by atoms with Gasteiger partial charge in [0.15, 0.2) is 0 Å². The molecular formula is C16H15N7OS. The van der Waals surface area contributed by atoms with E-state index in [0.717, 1.165) is 17.0 Å². The molecule has 4 aromatic heterocycles. The third kappa shape index (κ3) is 3.10. The largest absolute Gasteiger partial charge is 0.338 e. The summed E-state index contributed by atoms with van der Waals surface area (Å²) in [5.41, 5.74) is 2.72. The molecule has 9 heteroatoms. The Morgan fingerprint density at radius 1 is 1.20 bits per heavy atom. The van der Waals surface area contributed by atoms with Crippen LogP contribution in [0.4, 0.5) is 0 Å². The molecule has 0 fully saturated rings. The quantitative estimate of drug-likeness (QED) is 0.517. The lowest BCUT2D eigenvalue weighted by Crippen LogP contribution is -1.97. The van der Waals surface area contributed by atoms with Gasteiger partial charge in [0.25, 0.3) is 5.78 Å². The second kappa shape index (κ2) is 6.25. The van der Waals surface area contributed by atoms with Crippen LogP contribution in [0, 0.1) is 13.8 Å². The maximum Gasteiger partial charge on any atom is 0.253 e. The number of rotatable bonds is 4. The first kappa shape index (κ1) is 15.7. The summed E-state index contributed by atoms with van der Waals surface area (Å²) in [6.45, 7) is 5.89. The van der Waals surface area contributed by atoms with Gasteiger partial charge in [-0.05, 0) is 39.0 Å². The summed E-state index contributed by atoms with van der Waals surface area (Å²) in [4.78, 5) is 17.4. The van der Waals surface area contributed by atoms with Gasteiger partial charge in [0.2, 0.25) is 16.9 Å². The van der Waals surface area contributed by atoms with E-state index in [2.05, 4.69) is 30.2 Å². The first-order valence-corrected chi connectivity index (χ1v) is 8.60. The highest BCUT2D eigenvalue weighted by atomic mass is 32.2. The van der Waals surface area contributed by atoms with Crippen molar-refractivity contribution in [2.75, 3.05) is 0 Å². The molecule has 0 saturated heterocycles. The van der Waals surface area contributed by atoms with E-state index in [1.807, 2.05) is 39.0 Å². The van der Waals surface area contributed by atoms with Gasteiger partial charge in [0, 0.05) is 29.3 Å². The fourth-order valence-electron chi connectivity index (χ4n) is 2.42. The van der Waals surface area contributed by atoms with Crippen LogP contribution in [0.2, 0.25) is 0 Å². The number of fused-ring (bicyclic) bond motifs is 1. The number of hydrogen-bond donors (Lipinski definition) is 0. The molecule has 0 bridgehead atoms. The van der Waals surface area contributed by atoms with Crippen molar-refractivity contribution in [3.8, 4) is 11.4 Å². The topological polar surface area (TPSA) is 94.9 Å². The van der Waals surface area contributed by atoms with E-state index in [-0.39, 0.29) is 5.25 Å². The van der Waals surface area contributed by atoms with Crippen LogP contribution in [0.15, 0.2) is 40.3 Å². The number of aryl methyl sites for hydroxylation is 2. The standard InChI is InChI=1S/C16H15N7OS/c1-9-7-10(2)23-15(18-9)20-16(21-23)25-11(3)14-19-13(22-24-14)12-5-4-6-17-8-12/h4-8,11H,1-3H3/t11-/m0/s1. The maximum atomic E-state index is 5.38. The van der Waals surface area contributed by atoms with E-state index < -0.39 is 0 Å². The van der Waals surface area contributed by atoms with Gasteiger partial charge in [0.05, 0.1) is 5.25 Å². The lowest BCUT2D eigenvalue weighted by molar-refractivity contribution is 0.380. The molecule has 25 heavy (non-hydrogen) atoms. The molecule has 0 saturated carbocycles. The number of thioether (sulfide) groups is 1. The predicted molar refractivity (Wildman–Crippen MR) is 92.1 cm³/mol. The Balaban J connectivity index is 1.57. The molecule has 4 rings (SSSR count). The van der Waals surface area contributed by atoms with Crippen LogP contribution < -0.4 is 0 Å². The maximum absolute atomic E-state index is 5.38. The van der Waals surface area contributed by atoms with E-state index in [9.17, 15) is 0 Å². The van der Waals surface area contributed by atoms with Gasteiger partial charge in [-0.3, -0.25) is 4.98 Å². The minimum atomic E-state index is -0.0864. The summed E-state index contributed by atoms with van der Waals surface area (Å²) in [7, 11) is 0. The van der Waals surface area contributed by atoms with Crippen LogP contribution >= 0.6 is 11.8 Å². The highest BCUT2D eigenvalue weighted by Gasteiger charge is 2.19. The monoisotopic (exact) mass is 353 g/mol. The molecule has 126 valence electrons. The molecule has 0 aromatic carbocycles. The number of hydrogen-bond acceptors (Lipinski definition) is 8. The van der Waals surface area contributed by atoms with Crippen molar-refractivity contribution in [3.05, 3.63) is 47.9 Å². The molecule has 1 atom stereocenters. The molecule has 0 radical (unpaired) electrons. The van der Waals surface area contributed by atoms with Crippen molar-refractivity contribution < 1.29 is 4.52 Å². The molecule has 4 aromatic rings. The fourth-order valence-corrected chi connectivity index (χ4v) is 3.19. The summed E-state index contributed by atoms with van der Waals surface area (Å²) < 4.78 is 7.12. The Labute approximate surface area is 147 Å². The molecule has 8 nitrogen and oxygen atoms in total. The van der Waals surface area contributed by atoms with E-state index in [1.54, 1.807) is 16.9 Å². The molecule has 0 aliphatic carbocycles. The Bertz CT molecular complexity index is 1030. The van der Waals surface area contributed by atoms with E-state index in [4.69, 9.17) is 4.52 Å². The van der Waals surface area contributed by atoms with Gasteiger partial charge in [-0.1, -0.05) is 16.9 Å². The van der Waals surface area contributed by atoms with Gasteiger partial charge in [-0.15, -0.1) is 5.10 Å². The average molecular weight is 353 g/mol. The van der Waals surface area contributed by atoms with Crippen molar-refractivity contribution >= 4 is 17.5 Å². The summed E-state index contributed by atoms with van der Waals surface area (Å²) in [5, 5.41) is 9.04. The van der Waals surface area contributed by atoms with E-state index >= 15 is 0 Å². The van der Waals surface area contributed by atoms with Crippen LogP contribution in [0.25, 0.3) is 17.2 Å². The molecule has 0 aliphatic heterocycles. The third-order valence-corrected chi connectivity index (χ3v) is 4.53. The first-order valence-electron chi connectivity index (χ1n) is 7.72. The van der Waals surface area contributed by atoms with E-state index in [0.29, 0.717) is 22.6 Å². The molecule has 0 amide bonds. The summed E-state index contributed by atoms with van der Waals surface area (Å²) in [5.74, 6) is 1.63. The molecule has 0 aliphatic rings. The van der Waals surface area contributed by atoms with E-state index in [1.165, 1.54) is 11.8 Å². The minimum absolute atomic E-state index is 0.0864. The van der Waals surface area contributed by atoms with Gasteiger partial charge in [-0.25, -0.2) is 9.50 Å². The predicted octanol–water partition coefficient (Wildman–Crippen LogP) is 3.04. The smallest absolute Gasteiger partial charge is 0.253 e. The fraction of sp³-hybridized carbons (Fsp3) is 0.250. The van der Waals surface area contributed by atoms with Crippen molar-refractivity contribution in [2.24, 2.45) is 0 Å². The summed E-state index contributed by atoms with van der Waals surface area (Å²) in [6.07, 6.45) is 3.41. The van der Waals surface area contributed by atoms with Crippen molar-refractivity contribution in [2.45, 2.75) is 31.2 Å². The minimum Gasteiger partial charge on any atom is -0.338 e. The van der Waals surface area contributed by atoms with Crippen LogP contribution in [0.3, 0.4) is 0 Å². The zero-order chi connectivity index (χ0) is 17.4. The zero-order valence-corrected chi connectivity index (χ0v) is 14.7. The average Bonchev–Trinajstić information content (AvgIpc) is 3.22. The van der Waals surface area contributed by atoms with Crippen molar-refractivity contribution in [3.63, 3.8) is 0 Å². The first-order chi connectivity index (χ1) is 12.1. The van der Waals surface area contributed by atoms with Crippen LogP contribution in [0.5, 0.6) is 0 Å². The third-order valence-electron chi connectivity index (χ3n) is 3.59.